The molecule has 0 radical (unpaired) electrons. The molecule has 0 aliphatic heterocycles. The third-order valence-electron chi connectivity index (χ3n) is 2.47. The van der Waals surface area contributed by atoms with Crippen molar-refractivity contribution in [1.82, 2.24) is 14.8 Å². The zero-order valence-corrected chi connectivity index (χ0v) is 10.9. The first-order chi connectivity index (χ1) is 7.50. The number of rotatable bonds is 2. The summed E-state index contributed by atoms with van der Waals surface area (Å²) in [6.07, 6.45) is 1.57. The highest BCUT2D eigenvalue weighted by Gasteiger charge is 2.18. The predicted molar refractivity (Wildman–Crippen MR) is 67.1 cm³/mol. The predicted octanol–water partition coefficient (Wildman–Crippen LogP) is 2.80. The number of hydrogen-bond donors (Lipinski definition) is 1. The summed E-state index contributed by atoms with van der Waals surface area (Å²) in [7, 11) is 0. The van der Waals surface area contributed by atoms with Gasteiger partial charge < -0.3 is 5.73 Å². The highest BCUT2D eigenvalue weighted by atomic mass is 35.5. The SMILES string of the molecule is Cc1nc(C)c(C(C)n2ncc(Cl)c2N)s1. The Hall–Kier alpha value is -1.07. The van der Waals surface area contributed by atoms with Gasteiger partial charge >= 0.3 is 0 Å². The Labute approximate surface area is 103 Å². The summed E-state index contributed by atoms with van der Waals surface area (Å²) in [6, 6.07) is 0.0682. The number of hydrogen-bond acceptors (Lipinski definition) is 4. The van der Waals surface area contributed by atoms with E-state index < -0.39 is 0 Å². The van der Waals surface area contributed by atoms with E-state index in [-0.39, 0.29) is 6.04 Å². The molecule has 0 fully saturated rings. The van der Waals surface area contributed by atoms with Gasteiger partial charge in [0.2, 0.25) is 0 Å². The second-order valence-corrected chi connectivity index (χ2v) is 5.32. The van der Waals surface area contributed by atoms with Crippen molar-refractivity contribution < 1.29 is 0 Å². The van der Waals surface area contributed by atoms with Gasteiger partial charge in [0.1, 0.15) is 10.8 Å². The van der Waals surface area contributed by atoms with Gasteiger partial charge in [-0.25, -0.2) is 9.67 Å². The second-order valence-electron chi connectivity index (χ2n) is 3.68. The Balaban J connectivity index is 2.42. The topological polar surface area (TPSA) is 56.7 Å². The molecule has 2 aromatic rings. The number of nitrogens with zero attached hydrogens (tertiary/aromatic N) is 3. The number of aromatic nitrogens is 3. The molecule has 2 heterocycles. The molecule has 4 nitrogen and oxygen atoms in total. The van der Waals surface area contributed by atoms with Gasteiger partial charge in [0.05, 0.1) is 27.8 Å². The first-order valence-electron chi connectivity index (χ1n) is 4.93. The van der Waals surface area contributed by atoms with Gasteiger partial charge in [-0.15, -0.1) is 11.3 Å². The first-order valence-corrected chi connectivity index (χ1v) is 6.12. The van der Waals surface area contributed by atoms with E-state index in [1.54, 1.807) is 22.2 Å². The van der Waals surface area contributed by atoms with Gasteiger partial charge in [0.25, 0.3) is 0 Å². The fourth-order valence-electron chi connectivity index (χ4n) is 1.71. The summed E-state index contributed by atoms with van der Waals surface area (Å²) >= 11 is 7.55. The van der Waals surface area contributed by atoms with E-state index in [4.69, 9.17) is 17.3 Å². The highest BCUT2D eigenvalue weighted by Crippen LogP contribution is 2.30. The summed E-state index contributed by atoms with van der Waals surface area (Å²) in [5, 5.41) is 5.72. The Bertz CT molecular complexity index is 515. The van der Waals surface area contributed by atoms with Gasteiger partial charge in [0, 0.05) is 0 Å². The Kier molecular flexibility index (Phi) is 2.90. The number of anilines is 1. The lowest BCUT2D eigenvalue weighted by Gasteiger charge is -2.12. The molecule has 0 aliphatic rings. The van der Waals surface area contributed by atoms with Crippen LogP contribution in [0.25, 0.3) is 0 Å². The van der Waals surface area contributed by atoms with Crippen LogP contribution in [0.15, 0.2) is 6.20 Å². The molecule has 6 heteroatoms. The van der Waals surface area contributed by atoms with Crippen LogP contribution in [0.4, 0.5) is 5.82 Å². The van der Waals surface area contributed by atoms with E-state index in [0.717, 1.165) is 10.7 Å². The van der Waals surface area contributed by atoms with Gasteiger partial charge in [-0.3, -0.25) is 0 Å². The average molecular weight is 257 g/mol. The Morgan fingerprint density at radius 3 is 2.62 bits per heavy atom. The van der Waals surface area contributed by atoms with Crippen molar-refractivity contribution in [2.75, 3.05) is 5.73 Å². The molecular formula is C10H13ClN4S. The van der Waals surface area contributed by atoms with Gasteiger partial charge in [-0.05, 0) is 20.8 Å². The van der Waals surface area contributed by atoms with Gasteiger partial charge in [0.15, 0.2) is 0 Å². The van der Waals surface area contributed by atoms with Crippen LogP contribution in [-0.4, -0.2) is 14.8 Å². The van der Waals surface area contributed by atoms with Crippen LogP contribution in [0, 0.1) is 13.8 Å². The number of halogens is 1. The number of aryl methyl sites for hydroxylation is 2. The fourth-order valence-corrected chi connectivity index (χ4v) is 2.80. The van der Waals surface area contributed by atoms with Crippen LogP contribution >= 0.6 is 22.9 Å². The molecule has 2 aromatic heterocycles. The molecule has 0 aromatic carbocycles. The number of nitrogens with two attached hydrogens (primary N) is 1. The van der Waals surface area contributed by atoms with Gasteiger partial charge in [-0.1, -0.05) is 11.6 Å². The Morgan fingerprint density at radius 2 is 2.19 bits per heavy atom. The maximum absolute atomic E-state index is 5.89. The monoisotopic (exact) mass is 256 g/mol. The van der Waals surface area contributed by atoms with Crippen LogP contribution in [0.2, 0.25) is 5.02 Å². The normalized spacial score (nSPS) is 13.0. The standard InChI is InChI=1S/C10H13ClN4S/c1-5-9(16-7(3)14-5)6(2)15-10(12)8(11)4-13-15/h4,6H,12H2,1-3H3. The zero-order valence-electron chi connectivity index (χ0n) is 9.36. The van der Waals surface area contributed by atoms with Crippen molar-refractivity contribution in [2.24, 2.45) is 0 Å². The lowest BCUT2D eigenvalue weighted by atomic mass is 10.2. The van der Waals surface area contributed by atoms with E-state index in [2.05, 4.69) is 10.1 Å². The molecule has 0 spiro atoms. The van der Waals surface area contributed by atoms with Crippen LogP contribution in [0.1, 0.15) is 28.5 Å². The molecule has 86 valence electrons. The van der Waals surface area contributed by atoms with Crippen LogP contribution in [0.5, 0.6) is 0 Å². The summed E-state index contributed by atoms with van der Waals surface area (Å²) in [5.74, 6) is 0.500. The minimum Gasteiger partial charge on any atom is -0.383 e. The van der Waals surface area contributed by atoms with Crippen molar-refractivity contribution in [3.8, 4) is 0 Å². The smallest absolute Gasteiger partial charge is 0.141 e. The number of nitrogen functional groups attached to an aromatic ring is 1. The summed E-state index contributed by atoms with van der Waals surface area (Å²) in [6.45, 7) is 6.03. The summed E-state index contributed by atoms with van der Waals surface area (Å²) < 4.78 is 1.72. The molecule has 16 heavy (non-hydrogen) atoms. The third kappa shape index (κ3) is 1.81. The largest absolute Gasteiger partial charge is 0.383 e. The molecule has 0 saturated heterocycles. The maximum atomic E-state index is 5.89. The van der Waals surface area contributed by atoms with E-state index in [9.17, 15) is 0 Å². The quantitative estimate of drug-likeness (QED) is 0.899. The maximum Gasteiger partial charge on any atom is 0.141 e. The lowest BCUT2D eigenvalue weighted by molar-refractivity contribution is 0.578. The molecule has 1 unspecified atom stereocenters. The van der Waals surface area contributed by atoms with E-state index in [1.807, 2.05) is 20.8 Å². The zero-order chi connectivity index (χ0) is 11.9. The molecule has 2 N–H and O–H groups in total. The lowest BCUT2D eigenvalue weighted by Crippen LogP contribution is -2.11. The molecule has 1 atom stereocenters. The average Bonchev–Trinajstić information content (AvgIpc) is 2.71. The van der Waals surface area contributed by atoms with Crippen molar-refractivity contribution >= 4 is 28.8 Å². The molecule has 0 saturated carbocycles. The molecule has 0 bridgehead atoms. The van der Waals surface area contributed by atoms with E-state index in [1.165, 1.54) is 4.88 Å². The summed E-state index contributed by atoms with van der Waals surface area (Å²) in [4.78, 5) is 5.57. The van der Waals surface area contributed by atoms with Crippen LogP contribution in [0.3, 0.4) is 0 Å². The van der Waals surface area contributed by atoms with Crippen LogP contribution in [-0.2, 0) is 0 Å². The van der Waals surface area contributed by atoms with Crippen molar-refractivity contribution in [3.05, 3.63) is 26.8 Å². The summed E-state index contributed by atoms with van der Waals surface area (Å²) in [5.41, 5.74) is 6.88. The van der Waals surface area contributed by atoms with Crippen LogP contribution < -0.4 is 5.73 Å². The molecule has 0 amide bonds. The van der Waals surface area contributed by atoms with Crippen molar-refractivity contribution in [2.45, 2.75) is 26.8 Å². The van der Waals surface area contributed by atoms with Crippen molar-refractivity contribution in [1.29, 1.82) is 0 Å². The molecule has 0 aliphatic carbocycles. The molecule has 2 rings (SSSR count). The van der Waals surface area contributed by atoms with E-state index in [0.29, 0.717) is 10.8 Å². The third-order valence-corrected chi connectivity index (χ3v) is 4.01. The Morgan fingerprint density at radius 1 is 1.50 bits per heavy atom. The number of thiazole rings is 1. The first kappa shape index (κ1) is 11.4. The minimum absolute atomic E-state index is 0.0682. The van der Waals surface area contributed by atoms with E-state index >= 15 is 0 Å². The highest BCUT2D eigenvalue weighted by molar-refractivity contribution is 7.11. The van der Waals surface area contributed by atoms with Crippen molar-refractivity contribution in [3.63, 3.8) is 0 Å². The minimum atomic E-state index is 0.0682. The fraction of sp³-hybridized carbons (Fsp3) is 0.400. The molecular weight excluding hydrogens is 244 g/mol. The van der Waals surface area contributed by atoms with Gasteiger partial charge in [-0.2, -0.15) is 5.10 Å². The second kappa shape index (κ2) is 4.07.